The zero-order valence-corrected chi connectivity index (χ0v) is 17.6. The molecule has 0 aliphatic rings. The molecule has 30 heavy (non-hydrogen) atoms. The second kappa shape index (κ2) is 10.6. The Morgan fingerprint density at radius 2 is 1.87 bits per heavy atom. The van der Waals surface area contributed by atoms with E-state index in [1.54, 1.807) is 25.3 Å². The minimum absolute atomic E-state index is 0.0493. The Kier molecular flexibility index (Phi) is 7.63. The summed E-state index contributed by atoms with van der Waals surface area (Å²) < 4.78 is 6.71. The Balaban J connectivity index is 1.48. The molecule has 0 saturated heterocycles. The molecular formula is C23H24ClN3O3. The van der Waals surface area contributed by atoms with Crippen LogP contribution in [0, 0.1) is 0 Å². The molecule has 7 heteroatoms. The average Bonchev–Trinajstić information content (AvgIpc) is 2.76. The number of nitrogens with one attached hydrogen (secondary N) is 1. The van der Waals surface area contributed by atoms with Crippen LogP contribution in [0.4, 0.5) is 0 Å². The van der Waals surface area contributed by atoms with Gasteiger partial charge in [-0.3, -0.25) is 9.59 Å². The van der Waals surface area contributed by atoms with Crippen molar-refractivity contribution in [1.82, 2.24) is 15.1 Å². The molecule has 0 aliphatic heterocycles. The number of rotatable bonds is 9. The van der Waals surface area contributed by atoms with Crippen molar-refractivity contribution in [2.24, 2.45) is 0 Å². The predicted octanol–water partition coefficient (Wildman–Crippen LogP) is 3.71. The predicted molar refractivity (Wildman–Crippen MR) is 118 cm³/mol. The van der Waals surface area contributed by atoms with E-state index in [4.69, 9.17) is 16.3 Å². The highest BCUT2D eigenvalue weighted by Crippen LogP contribution is 2.19. The number of para-hydroxylation sites is 1. The summed E-state index contributed by atoms with van der Waals surface area (Å²) in [6, 6.07) is 18.2. The molecule has 0 atom stereocenters. The number of nitrogens with zero attached hydrogens (tertiary/aromatic N) is 2. The Bertz CT molecular complexity index is 1050. The van der Waals surface area contributed by atoms with Gasteiger partial charge in [0.2, 0.25) is 5.91 Å². The summed E-state index contributed by atoms with van der Waals surface area (Å²) in [7, 11) is 1.63. The molecule has 0 bridgehead atoms. The fraction of sp³-hybridized carbons (Fsp3) is 0.261. The number of hydrogen-bond donors (Lipinski definition) is 1. The standard InChI is InChI=1S/C23H24ClN3O3/c1-30-21-6-3-2-5-18(21)14-15-25-22(28)7-4-16-27-23(29)13-12-20(26-27)17-8-10-19(24)11-9-17/h2-3,5-6,8-13H,4,7,14-16H2,1H3,(H,25,28). The number of aryl methyl sites for hydroxylation is 1. The van der Waals surface area contributed by atoms with Crippen LogP contribution in [0.2, 0.25) is 5.02 Å². The lowest BCUT2D eigenvalue weighted by atomic mass is 10.1. The molecule has 1 amide bonds. The fourth-order valence-corrected chi connectivity index (χ4v) is 3.23. The quantitative estimate of drug-likeness (QED) is 0.567. The maximum absolute atomic E-state index is 12.1. The van der Waals surface area contributed by atoms with Gasteiger partial charge in [0, 0.05) is 36.2 Å². The summed E-state index contributed by atoms with van der Waals surface area (Å²) in [6.45, 7) is 0.906. The molecule has 0 aliphatic carbocycles. The van der Waals surface area contributed by atoms with Crippen LogP contribution in [-0.4, -0.2) is 29.3 Å². The van der Waals surface area contributed by atoms with Crippen LogP contribution in [0.5, 0.6) is 5.75 Å². The van der Waals surface area contributed by atoms with Crippen molar-refractivity contribution in [2.45, 2.75) is 25.8 Å². The Labute approximate surface area is 180 Å². The zero-order chi connectivity index (χ0) is 21.3. The van der Waals surface area contributed by atoms with E-state index in [1.165, 1.54) is 10.7 Å². The molecule has 3 rings (SSSR count). The average molecular weight is 426 g/mol. The highest BCUT2D eigenvalue weighted by molar-refractivity contribution is 6.30. The first kappa shape index (κ1) is 21.6. The van der Waals surface area contributed by atoms with Gasteiger partial charge in [-0.15, -0.1) is 0 Å². The number of carbonyl (C=O) groups is 1. The first-order chi connectivity index (χ1) is 14.6. The van der Waals surface area contributed by atoms with Crippen molar-refractivity contribution in [3.63, 3.8) is 0 Å². The van der Waals surface area contributed by atoms with Gasteiger partial charge in [-0.2, -0.15) is 5.10 Å². The van der Waals surface area contributed by atoms with E-state index in [-0.39, 0.29) is 11.5 Å². The fourth-order valence-electron chi connectivity index (χ4n) is 3.11. The highest BCUT2D eigenvalue weighted by atomic mass is 35.5. The molecule has 1 heterocycles. The van der Waals surface area contributed by atoms with Crippen molar-refractivity contribution >= 4 is 17.5 Å². The van der Waals surface area contributed by atoms with E-state index in [2.05, 4.69) is 10.4 Å². The van der Waals surface area contributed by atoms with Crippen LogP contribution in [0.3, 0.4) is 0 Å². The van der Waals surface area contributed by atoms with Gasteiger partial charge in [-0.05, 0) is 42.7 Å². The second-order valence-corrected chi connectivity index (χ2v) is 7.24. The number of halogens is 1. The number of aromatic nitrogens is 2. The van der Waals surface area contributed by atoms with Gasteiger partial charge in [0.05, 0.1) is 12.8 Å². The van der Waals surface area contributed by atoms with Crippen LogP contribution in [0.1, 0.15) is 18.4 Å². The summed E-state index contributed by atoms with van der Waals surface area (Å²) in [5, 5.41) is 7.96. The van der Waals surface area contributed by atoms with Gasteiger partial charge < -0.3 is 10.1 Å². The number of carbonyl (C=O) groups excluding carboxylic acids is 1. The van der Waals surface area contributed by atoms with Gasteiger partial charge >= 0.3 is 0 Å². The normalized spacial score (nSPS) is 10.6. The molecule has 3 aromatic rings. The monoisotopic (exact) mass is 425 g/mol. The molecule has 0 spiro atoms. The first-order valence-electron chi connectivity index (χ1n) is 9.79. The van der Waals surface area contributed by atoms with E-state index >= 15 is 0 Å². The smallest absolute Gasteiger partial charge is 0.266 e. The van der Waals surface area contributed by atoms with Crippen molar-refractivity contribution in [3.8, 4) is 17.0 Å². The summed E-state index contributed by atoms with van der Waals surface area (Å²) in [4.78, 5) is 24.2. The summed E-state index contributed by atoms with van der Waals surface area (Å²) in [5.41, 5.74) is 2.43. The number of hydrogen-bond acceptors (Lipinski definition) is 4. The summed E-state index contributed by atoms with van der Waals surface area (Å²) in [6.07, 6.45) is 1.54. The van der Waals surface area contributed by atoms with E-state index in [0.717, 1.165) is 16.9 Å². The largest absolute Gasteiger partial charge is 0.496 e. The third-order valence-corrected chi connectivity index (χ3v) is 4.94. The molecule has 1 N–H and O–H groups in total. The van der Waals surface area contributed by atoms with Crippen molar-refractivity contribution < 1.29 is 9.53 Å². The number of methoxy groups -OCH3 is 1. The lowest BCUT2D eigenvalue weighted by molar-refractivity contribution is -0.121. The third-order valence-electron chi connectivity index (χ3n) is 4.69. The van der Waals surface area contributed by atoms with Crippen LogP contribution in [0.25, 0.3) is 11.3 Å². The van der Waals surface area contributed by atoms with E-state index in [1.807, 2.05) is 36.4 Å². The topological polar surface area (TPSA) is 73.2 Å². The van der Waals surface area contributed by atoms with Gasteiger partial charge in [0.1, 0.15) is 5.75 Å². The molecule has 0 fully saturated rings. The van der Waals surface area contributed by atoms with Crippen molar-refractivity contribution in [3.05, 3.63) is 81.6 Å². The molecule has 1 aromatic heterocycles. The Hall–Kier alpha value is -3.12. The number of amides is 1. The lowest BCUT2D eigenvalue weighted by Gasteiger charge is -2.10. The maximum atomic E-state index is 12.1. The van der Waals surface area contributed by atoms with Crippen LogP contribution < -0.4 is 15.6 Å². The number of ether oxygens (including phenoxy) is 1. The Morgan fingerprint density at radius 1 is 1.10 bits per heavy atom. The molecule has 0 radical (unpaired) electrons. The zero-order valence-electron chi connectivity index (χ0n) is 16.8. The molecule has 2 aromatic carbocycles. The molecule has 0 unspecified atom stereocenters. The maximum Gasteiger partial charge on any atom is 0.266 e. The van der Waals surface area contributed by atoms with Crippen LogP contribution in [0.15, 0.2) is 65.5 Å². The third kappa shape index (κ3) is 5.94. The SMILES string of the molecule is COc1ccccc1CCNC(=O)CCCn1nc(-c2ccc(Cl)cc2)ccc1=O. The first-order valence-corrected chi connectivity index (χ1v) is 10.2. The van der Waals surface area contributed by atoms with E-state index in [0.29, 0.717) is 43.1 Å². The van der Waals surface area contributed by atoms with Gasteiger partial charge in [-0.1, -0.05) is 41.9 Å². The Morgan fingerprint density at radius 3 is 2.63 bits per heavy atom. The molecule has 6 nitrogen and oxygen atoms in total. The molecular weight excluding hydrogens is 402 g/mol. The summed E-state index contributed by atoms with van der Waals surface area (Å²) in [5.74, 6) is 0.768. The van der Waals surface area contributed by atoms with Gasteiger partial charge in [0.25, 0.3) is 5.56 Å². The minimum atomic E-state index is -0.190. The van der Waals surface area contributed by atoms with Crippen LogP contribution >= 0.6 is 11.6 Å². The second-order valence-electron chi connectivity index (χ2n) is 6.80. The van der Waals surface area contributed by atoms with Crippen LogP contribution in [-0.2, 0) is 17.8 Å². The molecule has 0 saturated carbocycles. The van der Waals surface area contributed by atoms with Crippen molar-refractivity contribution in [2.75, 3.05) is 13.7 Å². The summed E-state index contributed by atoms with van der Waals surface area (Å²) >= 11 is 5.92. The highest BCUT2D eigenvalue weighted by Gasteiger charge is 2.07. The van der Waals surface area contributed by atoms with Gasteiger partial charge in [-0.25, -0.2) is 4.68 Å². The molecule has 156 valence electrons. The minimum Gasteiger partial charge on any atom is -0.496 e. The van der Waals surface area contributed by atoms with Crippen molar-refractivity contribution in [1.29, 1.82) is 0 Å². The van der Waals surface area contributed by atoms with E-state index < -0.39 is 0 Å². The number of benzene rings is 2. The van der Waals surface area contributed by atoms with Gasteiger partial charge in [0.15, 0.2) is 0 Å². The lowest BCUT2D eigenvalue weighted by Crippen LogP contribution is -2.27. The van der Waals surface area contributed by atoms with E-state index in [9.17, 15) is 9.59 Å².